The number of anilines is 1. The number of fused-ring (bicyclic) bond motifs is 1. The third kappa shape index (κ3) is 2.71. The number of aliphatic hydroxyl groups excluding tert-OH is 1. The largest absolute Gasteiger partial charge is 0.486 e. The predicted molar refractivity (Wildman–Crippen MR) is 85.0 cm³/mol. The Kier molecular flexibility index (Phi) is 3.87. The summed E-state index contributed by atoms with van der Waals surface area (Å²) in [5.74, 6) is 0.574. The van der Waals surface area contributed by atoms with Gasteiger partial charge in [-0.15, -0.1) is 0 Å². The van der Waals surface area contributed by atoms with E-state index in [0.29, 0.717) is 11.4 Å². The normalized spacial score (nSPS) is 27.1. The summed E-state index contributed by atoms with van der Waals surface area (Å²) in [5, 5.41) is 13.7. The monoisotopic (exact) mass is 304 g/mol. The van der Waals surface area contributed by atoms with Gasteiger partial charge in [0.15, 0.2) is 0 Å². The van der Waals surface area contributed by atoms with Gasteiger partial charge in [-0.05, 0) is 58.0 Å². The Morgan fingerprint density at radius 2 is 2.05 bits per heavy atom. The average Bonchev–Trinajstić information content (AvgIpc) is 2.92. The number of nitrogens with one attached hydrogen (secondary N) is 1. The molecule has 2 atom stereocenters. The zero-order chi connectivity index (χ0) is 15.9. The van der Waals surface area contributed by atoms with E-state index in [1.807, 2.05) is 26.0 Å². The summed E-state index contributed by atoms with van der Waals surface area (Å²) in [5.41, 5.74) is 0.989. The van der Waals surface area contributed by atoms with Crippen LogP contribution in [-0.2, 0) is 4.79 Å². The van der Waals surface area contributed by atoms with Crippen LogP contribution in [0.15, 0.2) is 18.2 Å². The van der Waals surface area contributed by atoms with Gasteiger partial charge in [-0.1, -0.05) is 0 Å². The number of nitrogens with zero attached hydrogens (tertiary/aromatic N) is 1. The van der Waals surface area contributed by atoms with Gasteiger partial charge in [-0.3, -0.25) is 9.69 Å². The van der Waals surface area contributed by atoms with E-state index in [1.54, 1.807) is 6.07 Å². The minimum absolute atomic E-state index is 0.0740. The average molecular weight is 304 g/mol. The third-order valence-electron chi connectivity index (χ3n) is 4.57. The van der Waals surface area contributed by atoms with Crippen molar-refractivity contribution in [3.8, 4) is 5.75 Å². The Balaban J connectivity index is 1.95. The van der Waals surface area contributed by atoms with E-state index >= 15 is 0 Å². The topological polar surface area (TPSA) is 61.8 Å². The quantitative estimate of drug-likeness (QED) is 0.880. The second-order valence-corrected chi connectivity index (χ2v) is 6.77. The van der Waals surface area contributed by atoms with Crippen molar-refractivity contribution in [1.29, 1.82) is 0 Å². The summed E-state index contributed by atoms with van der Waals surface area (Å²) < 4.78 is 6.16. The summed E-state index contributed by atoms with van der Waals surface area (Å²) in [6.07, 6.45) is 1.71. The van der Waals surface area contributed by atoms with Crippen molar-refractivity contribution >= 4 is 11.6 Å². The molecule has 0 bridgehead atoms. The lowest BCUT2D eigenvalue weighted by atomic mass is 9.85. The zero-order valence-corrected chi connectivity index (χ0v) is 13.4. The lowest BCUT2D eigenvalue weighted by molar-refractivity contribution is -0.114. The first kappa shape index (κ1) is 15.3. The van der Waals surface area contributed by atoms with Gasteiger partial charge in [0.2, 0.25) is 5.91 Å². The molecule has 2 N–H and O–H groups in total. The Labute approximate surface area is 131 Å². The van der Waals surface area contributed by atoms with Crippen LogP contribution >= 0.6 is 0 Å². The standard InChI is InChI=1S/C17H24N2O3/c1-11(20)18-12-6-7-14-13(10-12)15(21)16(17(2,3)22-14)19-8-4-5-9-19/h6-7,10,15-16,21H,4-5,8-9H2,1-3H3,(H,18,20). The molecule has 0 saturated carbocycles. The number of benzene rings is 1. The van der Waals surface area contributed by atoms with Crippen molar-refractivity contribution in [2.75, 3.05) is 18.4 Å². The second kappa shape index (κ2) is 5.56. The van der Waals surface area contributed by atoms with Crippen molar-refractivity contribution in [2.24, 2.45) is 0 Å². The molecule has 2 unspecified atom stereocenters. The first-order chi connectivity index (χ1) is 10.4. The highest BCUT2D eigenvalue weighted by atomic mass is 16.5. The molecule has 22 heavy (non-hydrogen) atoms. The van der Waals surface area contributed by atoms with Gasteiger partial charge < -0.3 is 15.2 Å². The molecule has 2 aliphatic rings. The van der Waals surface area contributed by atoms with Crippen LogP contribution < -0.4 is 10.1 Å². The molecule has 5 nitrogen and oxygen atoms in total. The van der Waals surface area contributed by atoms with Gasteiger partial charge in [-0.25, -0.2) is 0 Å². The third-order valence-corrected chi connectivity index (χ3v) is 4.57. The molecule has 1 aromatic carbocycles. The highest BCUT2D eigenvalue weighted by Crippen LogP contribution is 2.43. The minimum Gasteiger partial charge on any atom is -0.486 e. The van der Waals surface area contributed by atoms with E-state index in [-0.39, 0.29) is 11.9 Å². The minimum atomic E-state index is -0.620. The fourth-order valence-corrected chi connectivity index (χ4v) is 3.71. The number of hydrogen-bond donors (Lipinski definition) is 2. The number of amides is 1. The maximum atomic E-state index is 11.2. The molecular formula is C17H24N2O3. The van der Waals surface area contributed by atoms with Gasteiger partial charge >= 0.3 is 0 Å². The Hall–Kier alpha value is -1.59. The smallest absolute Gasteiger partial charge is 0.221 e. The number of rotatable bonds is 2. The lowest BCUT2D eigenvalue weighted by Crippen LogP contribution is -2.57. The summed E-state index contributed by atoms with van der Waals surface area (Å²) in [6.45, 7) is 7.53. The number of aliphatic hydroxyl groups is 1. The van der Waals surface area contributed by atoms with Gasteiger partial charge in [0.05, 0.1) is 6.04 Å². The van der Waals surface area contributed by atoms with E-state index in [4.69, 9.17) is 4.74 Å². The van der Waals surface area contributed by atoms with Crippen LogP contribution in [0.25, 0.3) is 0 Å². The van der Waals surface area contributed by atoms with Crippen molar-refractivity contribution in [2.45, 2.75) is 51.4 Å². The van der Waals surface area contributed by atoms with E-state index < -0.39 is 11.7 Å². The molecule has 1 fully saturated rings. The summed E-state index contributed by atoms with van der Waals surface area (Å²) in [4.78, 5) is 13.5. The molecule has 0 spiro atoms. The molecule has 0 radical (unpaired) electrons. The molecule has 0 aliphatic carbocycles. The van der Waals surface area contributed by atoms with Crippen LogP contribution in [0.3, 0.4) is 0 Å². The van der Waals surface area contributed by atoms with Gasteiger partial charge in [0, 0.05) is 18.2 Å². The van der Waals surface area contributed by atoms with E-state index in [9.17, 15) is 9.90 Å². The molecule has 0 aromatic heterocycles. The number of carbonyl (C=O) groups is 1. The molecule has 2 aliphatic heterocycles. The molecule has 5 heteroatoms. The van der Waals surface area contributed by atoms with Crippen LogP contribution in [0.2, 0.25) is 0 Å². The van der Waals surface area contributed by atoms with Crippen molar-refractivity contribution in [3.63, 3.8) is 0 Å². The fourth-order valence-electron chi connectivity index (χ4n) is 3.71. The van der Waals surface area contributed by atoms with Crippen LogP contribution in [0.4, 0.5) is 5.69 Å². The van der Waals surface area contributed by atoms with E-state index in [1.165, 1.54) is 6.92 Å². The highest BCUT2D eigenvalue weighted by Gasteiger charge is 2.46. The predicted octanol–water partition coefficient (Wildman–Crippen LogP) is 2.31. The van der Waals surface area contributed by atoms with Crippen molar-refractivity contribution < 1.29 is 14.6 Å². The second-order valence-electron chi connectivity index (χ2n) is 6.77. The van der Waals surface area contributed by atoms with E-state index in [0.717, 1.165) is 31.5 Å². The molecule has 1 aromatic rings. The SMILES string of the molecule is CC(=O)Nc1ccc2c(c1)C(O)C(N1CCCC1)C(C)(C)O2. The van der Waals surface area contributed by atoms with Crippen LogP contribution in [0, 0.1) is 0 Å². The molecule has 1 amide bonds. The van der Waals surface area contributed by atoms with Crippen molar-refractivity contribution in [3.05, 3.63) is 23.8 Å². The Bertz CT molecular complexity index is 579. The Morgan fingerprint density at radius 1 is 1.36 bits per heavy atom. The van der Waals surface area contributed by atoms with Gasteiger partial charge in [0.1, 0.15) is 17.5 Å². The number of likely N-dealkylation sites (tertiary alicyclic amines) is 1. The first-order valence-electron chi connectivity index (χ1n) is 7.91. The van der Waals surface area contributed by atoms with Crippen LogP contribution in [0.1, 0.15) is 45.3 Å². The molecular weight excluding hydrogens is 280 g/mol. The summed E-state index contributed by atoms with van der Waals surface area (Å²) in [7, 11) is 0. The lowest BCUT2D eigenvalue weighted by Gasteiger charge is -2.47. The molecule has 3 rings (SSSR count). The fraction of sp³-hybridized carbons (Fsp3) is 0.588. The Morgan fingerprint density at radius 3 is 2.68 bits per heavy atom. The van der Waals surface area contributed by atoms with Gasteiger partial charge in [0.25, 0.3) is 0 Å². The van der Waals surface area contributed by atoms with E-state index in [2.05, 4.69) is 10.2 Å². The van der Waals surface area contributed by atoms with Crippen LogP contribution in [0.5, 0.6) is 5.75 Å². The zero-order valence-electron chi connectivity index (χ0n) is 13.4. The molecule has 1 saturated heterocycles. The number of hydrogen-bond acceptors (Lipinski definition) is 4. The maximum absolute atomic E-state index is 11.2. The number of ether oxygens (including phenoxy) is 1. The van der Waals surface area contributed by atoms with Crippen LogP contribution in [-0.4, -0.2) is 40.6 Å². The molecule has 2 heterocycles. The highest BCUT2D eigenvalue weighted by molar-refractivity contribution is 5.88. The first-order valence-corrected chi connectivity index (χ1v) is 7.91. The molecule has 120 valence electrons. The summed E-state index contributed by atoms with van der Waals surface area (Å²) >= 11 is 0. The van der Waals surface area contributed by atoms with Gasteiger partial charge in [-0.2, -0.15) is 0 Å². The number of carbonyl (C=O) groups excluding carboxylic acids is 1. The van der Waals surface area contributed by atoms with Crippen molar-refractivity contribution in [1.82, 2.24) is 4.90 Å². The maximum Gasteiger partial charge on any atom is 0.221 e. The summed E-state index contributed by atoms with van der Waals surface area (Å²) in [6, 6.07) is 5.38.